The van der Waals surface area contributed by atoms with Crippen molar-refractivity contribution in [3.8, 4) is 0 Å². The molecule has 0 radical (unpaired) electrons. The number of methoxy groups -OCH3 is 1. The van der Waals surface area contributed by atoms with Crippen molar-refractivity contribution in [2.75, 3.05) is 7.11 Å². The van der Waals surface area contributed by atoms with Gasteiger partial charge in [-0.1, -0.05) is 33.8 Å². The predicted octanol–water partition coefficient (Wildman–Crippen LogP) is 1.62. The van der Waals surface area contributed by atoms with Crippen LogP contribution in [0.1, 0.15) is 34.1 Å². The molecular weight excluding hydrogens is 194 g/mol. The van der Waals surface area contributed by atoms with Crippen LogP contribution in [0, 0.1) is 5.41 Å². The number of allylic oxidation sites excluding steroid dienone is 1. The molecule has 0 spiro atoms. The van der Waals surface area contributed by atoms with Gasteiger partial charge in [0.05, 0.1) is 7.11 Å². The smallest absolute Gasteiger partial charge is 0.354 e. The zero-order valence-electron chi connectivity index (χ0n) is 10.0. The lowest BCUT2D eigenvalue weighted by atomic mass is 9.95. The first-order chi connectivity index (χ1) is 6.82. The van der Waals surface area contributed by atoms with Gasteiger partial charge in [-0.15, -0.1) is 0 Å². The molecule has 1 N–H and O–H groups in total. The molecule has 0 aliphatic carbocycles. The molecule has 0 saturated heterocycles. The number of carbonyl (C=O) groups excluding carboxylic acids is 2. The molecule has 86 valence electrons. The molecule has 0 saturated carbocycles. The highest BCUT2D eigenvalue weighted by atomic mass is 16.5. The third-order valence-corrected chi connectivity index (χ3v) is 1.74. The Kier molecular flexibility index (Phi) is 5.05. The molecule has 0 rings (SSSR count). The molecule has 0 aromatic rings. The van der Waals surface area contributed by atoms with Gasteiger partial charge in [0.25, 0.3) is 0 Å². The Balaban J connectivity index is 4.65. The summed E-state index contributed by atoms with van der Waals surface area (Å²) in [5.41, 5.74) is -0.319. The lowest BCUT2D eigenvalue weighted by Crippen LogP contribution is -2.36. The minimum Gasteiger partial charge on any atom is -0.464 e. The van der Waals surface area contributed by atoms with E-state index in [1.807, 2.05) is 6.92 Å². The maximum Gasteiger partial charge on any atom is 0.354 e. The van der Waals surface area contributed by atoms with Crippen molar-refractivity contribution in [1.82, 2.24) is 5.32 Å². The monoisotopic (exact) mass is 213 g/mol. The van der Waals surface area contributed by atoms with Crippen LogP contribution in [0.4, 0.5) is 0 Å². The Hall–Kier alpha value is -1.32. The van der Waals surface area contributed by atoms with Gasteiger partial charge in [0, 0.05) is 5.41 Å². The summed E-state index contributed by atoms with van der Waals surface area (Å²) in [5.74, 6) is -0.720. The Labute approximate surface area is 90.7 Å². The molecule has 0 unspecified atom stereocenters. The zero-order valence-corrected chi connectivity index (χ0v) is 10.0. The number of ether oxygens (including phenoxy) is 1. The van der Waals surface area contributed by atoms with Gasteiger partial charge < -0.3 is 10.1 Å². The first kappa shape index (κ1) is 13.7. The Morgan fingerprint density at radius 2 is 1.87 bits per heavy atom. The number of nitrogens with one attached hydrogen (secondary N) is 1. The third kappa shape index (κ3) is 4.63. The van der Waals surface area contributed by atoms with E-state index in [-0.39, 0.29) is 11.6 Å². The molecule has 0 aliphatic rings. The summed E-state index contributed by atoms with van der Waals surface area (Å²) in [5, 5.41) is 2.56. The lowest BCUT2D eigenvalue weighted by Gasteiger charge is -2.18. The third-order valence-electron chi connectivity index (χ3n) is 1.74. The standard InChI is InChI=1S/C11H19NO3/c1-6-7-8(9(13)15-5)12-10(14)11(2,3)4/h7H,6H2,1-5H3,(H,12,14)/b8-7+. The van der Waals surface area contributed by atoms with Crippen molar-refractivity contribution in [1.29, 1.82) is 0 Å². The van der Waals surface area contributed by atoms with E-state index in [0.29, 0.717) is 6.42 Å². The van der Waals surface area contributed by atoms with Crippen LogP contribution in [0.5, 0.6) is 0 Å². The topological polar surface area (TPSA) is 55.4 Å². The first-order valence-electron chi connectivity index (χ1n) is 4.92. The Morgan fingerprint density at radius 3 is 2.20 bits per heavy atom. The van der Waals surface area contributed by atoms with E-state index >= 15 is 0 Å². The van der Waals surface area contributed by atoms with Crippen molar-refractivity contribution < 1.29 is 14.3 Å². The van der Waals surface area contributed by atoms with Crippen molar-refractivity contribution in [2.24, 2.45) is 5.41 Å². The second kappa shape index (κ2) is 5.53. The second-order valence-electron chi connectivity index (χ2n) is 4.22. The van der Waals surface area contributed by atoms with Gasteiger partial charge in [0.15, 0.2) is 0 Å². The largest absolute Gasteiger partial charge is 0.464 e. The highest BCUT2D eigenvalue weighted by molar-refractivity contribution is 5.95. The molecule has 1 amide bonds. The summed E-state index contributed by atoms with van der Waals surface area (Å²) in [6, 6.07) is 0. The molecule has 0 aliphatic heterocycles. The van der Waals surface area contributed by atoms with Crippen molar-refractivity contribution in [2.45, 2.75) is 34.1 Å². The van der Waals surface area contributed by atoms with Crippen molar-refractivity contribution in [3.05, 3.63) is 11.8 Å². The van der Waals surface area contributed by atoms with Crippen LogP contribution in [-0.2, 0) is 14.3 Å². The average Bonchev–Trinajstić information content (AvgIpc) is 2.14. The fourth-order valence-electron chi connectivity index (χ4n) is 0.809. The van der Waals surface area contributed by atoms with Crippen LogP contribution >= 0.6 is 0 Å². The van der Waals surface area contributed by atoms with Crippen LogP contribution in [0.15, 0.2) is 11.8 Å². The van der Waals surface area contributed by atoms with E-state index in [1.54, 1.807) is 26.8 Å². The van der Waals surface area contributed by atoms with Crippen LogP contribution < -0.4 is 5.32 Å². The molecular formula is C11H19NO3. The van der Waals surface area contributed by atoms with Gasteiger partial charge in [-0.25, -0.2) is 4.79 Å². The van der Waals surface area contributed by atoms with E-state index in [2.05, 4.69) is 10.1 Å². The quantitative estimate of drug-likeness (QED) is 0.572. The van der Waals surface area contributed by atoms with Gasteiger partial charge in [-0.05, 0) is 6.42 Å². The number of hydrogen-bond donors (Lipinski definition) is 1. The normalized spacial score (nSPS) is 12.2. The summed E-state index contributed by atoms with van der Waals surface area (Å²) in [6.07, 6.45) is 2.30. The Bertz CT molecular complexity index is 274. The summed E-state index contributed by atoms with van der Waals surface area (Å²) >= 11 is 0. The van der Waals surface area contributed by atoms with Crippen LogP contribution in [0.3, 0.4) is 0 Å². The van der Waals surface area contributed by atoms with Crippen LogP contribution in [-0.4, -0.2) is 19.0 Å². The molecule has 0 heterocycles. The molecule has 4 nitrogen and oxygen atoms in total. The SMILES string of the molecule is CC/C=C(/NC(=O)C(C)(C)C)C(=O)OC. The van der Waals surface area contributed by atoms with E-state index < -0.39 is 11.4 Å². The number of amides is 1. The molecule has 4 heteroatoms. The fraction of sp³-hybridized carbons (Fsp3) is 0.636. The summed E-state index contributed by atoms with van der Waals surface area (Å²) in [7, 11) is 1.29. The van der Waals surface area contributed by atoms with Crippen LogP contribution in [0.25, 0.3) is 0 Å². The minimum atomic E-state index is -0.527. The molecule has 0 fully saturated rings. The van der Waals surface area contributed by atoms with Gasteiger partial charge >= 0.3 is 5.97 Å². The van der Waals surface area contributed by atoms with E-state index in [1.165, 1.54) is 7.11 Å². The summed E-state index contributed by atoms with van der Waals surface area (Å²) in [6.45, 7) is 7.22. The minimum absolute atomic E-state index is 0.201. The summed E-state index contributed by atoms with van der Waals surface area (Å²) in [4.78, 5) is 22.9. The van der Waals surface area contributed by atoms with Crippen molar-refractivity contribution >= 4 is 11.9 Å². The number of carbonyl (C=O) groups is 2. The highest BCUT2D eigenvalue weighted by Gasteiger charge is 2.23. The zero-order chi connectivity index (χ0) is 12.1. The maximum absolute atomic E-state index is 11.6. The maximum atomic E-state index is 11.6. The molecule has 15 heavy (non-hydrogen) atoms. The van der Waals surface area contributed by atoms with Gasteiger partial charge in [0.1, 0.15) is 5.70 Å². The number of esters is 1. The second-order valence-corrected chi connectivity index (χ2v) is 4.22. The van der Waals surface area contributed by atoms with Crippen LogP contribution in [0.2, 0.25) is 0 Å². The van der Waals surface area contributed by atoms with Gasteiger partial charge in [0.2, 0.25) is 5.91 Å². The van der Waals surface area contributed by atoms with E-state index in [0.717, 1.165) is 0 Å². The molecule has 0 atom stereocenters. The molecule has 0 aromatic heterocycles. The van der Waals surface area contributed by atoms with Gasteiger partial charge in [-0.3, -0.25) is 4.79 Å². The average molecular weight is 213 g/mol. The molecule has 0 aromatic carbocycles. The van der Waals surface area contributed by atoms with E-state index in [9.17, 15) is 9.59 Å². The summed E-state index contributed by atoms with van der Waals surface area (Å²) < 4.78 is 4.56. The number of hydrogen-bond acceptors (Lipinski definition) is 3. The van der Waals surface area contributed by atoms with Crippen molar-refractivity contribution in [3.63, 3.8) is 0 Å². The highest BCUT2D eigenvalue weighted by Crippen LogP contribution is 2.13. The molecule has 0 bridgehead atoms. The Morgan fingerprint density at radius 1 is 1.33 bits per heavy atom. The fourth-order valence-corrected chi connectivity index (χ4v) is 0.809. The predicted molar refractivity (Wildman–Crippen MR) is 58.0 cm³/mol. The van der Waals surface area contributed by atoms with E-state index in [4.69, 9.17) is 0 Å². The number of rotatable bonds is 3. The van der Waals surface area contributed by atoms with Gasteiger partial charge in [-0.2, -0.15) is 0 Å². The first-order valence-corrected chi connectivity index (χ1v) is 4.92. The lowest BCUT2D eigenvalue weighted by molar-refractivity contribution is -0.138.